The van der Waals surface area contributed by atoms with Gasteiger partial charge < -0.3 is 5.32 Å². The molecule has 5 rings (SSSR count). The molecule has 0 aliphatic heterocycles. The molecule has 0 bridgehead atoms. The molecule has 174 valence electrons. The Morgan fingerprint density at radius 3 is 2.29 bits per heavy atom. The van der Waals surface area contributed by atoms with Gasteiger partial charge in [0.1, 0.15) is 5.82 Å². The average molecular weight is 487 g/mol. The third-order valence-electron chi connectivity index (χ3n) is 5.52. The second kappa shape index (κ2) is 9.11. The molecule has 0 aliphatic rings. The zero-order valence-corrected chi connectivity index (χ0v) is 19.1. The van der Waals surface area contributed by atoms with Crippen LogP contribution in [-0.2, 0) is 16.6 Å². The average Bonchev–Trinajstić information content (AvgIpc) is 3.29. The molecule has 1 N–H and O–H groups in total. The minimum Gasteiger partial charge on any atom is -0.348 e. The van der Waals surface area contributed by atoms with E-state index in [4.69, 9.17) is 0 Å². The lowest BCUT2D eigenvalue weighted by molar-refractivity contribution is 0.0951. The van der Waals surface area contributed by atoms with Crippen molar-refractivity contribution in [1.29, 1.82) is 0 Å². The SMILES string of the molecule is O=C(NCc1ccc(F)cc1)c1ccc(S(=O)(=O)n2cc(-c3ncccn3)c3ccccc32)cc1. The first-order chi connectivity index (χ1) is 16.9. The molecule has 35 heavy (non-hydrogen) atoms. The first-order valence-corrected chi connectivity index (χ1v) is 12.1. The number of nitrogens with one attached hydrogen (secondary N) is 1. The molecule has 0 atom stereocenters. The third kappa shape index (κ3) is 4.41. The maximum Gasteiger partial charge on any atom is 0.268 e. The standard InChI is InChI=1S/C26H19FN4O3S/c27-20-10-6-18(7-11-20)16-30-26(32)19-8-12-21(13-9-19)35(33,34)31-17-23(25-28-14-3-15-29-25)22-4-1-2-5-24(22)31/h1-15,17H,16H2,(H,30,32). The van der Waals surface area contributed by atoms with Crippen LogP contribution in [0.4, 0.5) is 4.39 Å². The Labute approximate surface area is 201 Å². The van der Waals surface area contributed by atoms with Crippen LogP contribution in [0.3, 0.4) is 0 Å². The Hall–Kier alpha value is -4.37. The predicted molar refractivity (Wildman–Crippen MR) is 130 cm³/mol. The lowest BCUT2D eigenvalue weighted by Crippen LogP contribution is -2.22. The molecule has 7 nitrogen and oxygen atoms in total. The first kappa shape index (κ1) is 22.4. The highest BCUT2D eigenvalue weighted by atomic mass is 32.2. The molecule has 3 aromatic carbocycles. The summed E-state index contributed by atoms with van der Waals surface area (Å²) in [7, 11) is -3.96. The summed E-state index contributed by atoms with van der Waals surface area (Å²) in [5.41, 5.74) is 2.15. The molecule has 5 aromatic rings. The lowest BCUT2D eigenvalue weighted by atomic mass is 10.1. The Morgan fingerprint density at radius 2 is 1.57 bits per heavy atom. The number of hydrogen-bond acceptors (Lipinski definition) is 5. The van der Waals surface area contributed by atoms with Crippen LogP contribution in [0.5, 0.6) is 0 Å². The summed E-state index contributed by atoms with van der Waals surface area (Å²) >= 11 is 0. The van der Waals surface area contributed by atoms with Gasteiger partial charge in [-0.3, -0.25) is 4.79 Å². The van der Waals surface area contributed by atoms with Crippen molar-refractivity contribution in [3.05, 3.63) is 114 Å². The molecule has 2 heterocycles. The van der Waals surface area contributed by atoms with Crippen LogP contribution in [0, 0.1) is 5.82 Å². The van der Waals surface area contributed by atoms with Gasteiger partial charge in [-0.05, 0) is 54.1 Å². The Kier molecular flexibility index (Phi) is 5.84. The van der Waals surface area contributed by atoms with E-state index in [1.165, 1.54) is 46.6 Å². The number of aromatic nitrogens is 3. The van der Waals surface area contributed by atoms with Crippen LogP contribution in [0.15, 0.2) is 102 Å². The molecule has 0 saturated carbocycles. The molecule has 0 aliphatic carbocycles. The number of carbonyl (C=O) groups is 1. The Balaban J connectivity index is 1.42. The van der Waals surface area contributed by atoms with Gasteiger partial charge in [-0.25, -0.2) is 26.7 Å². The van der Waals surface area contributed by atoms with E-state index in [-0.39, 0.29) is 23.2 Å². The molecule has 0 spiro atoms. The monoisotopic (exact) mass is 486 g/mol. The number of carbonyl (C=O) groups excluding carboxylic acids is 1. The second-order valence-corrected chi connectivity index (χ2v) is 9.58. The second-order valence-electron chi connectivity index (χ2n) is 7.77. The zero-order chi connectivity index (χ0) is 24.4. The van der Waals surface area contributed by atoms with Crippen molar-refractivity contribution >= 4 is 26.8 Å². The zero-order valence-electron chi connectivity index (χ0n) is 18.3. The highest BCUT2D eigenvalue weighted by Crippen LogP contribution is 2.31. The van der Waals surface area contributed by atoms with E-state index in [1.54, 1.807) is 42.7 Å². The fourth-order valence-corrected chi connectivity index (χ4v) is 5.11. The van der Waals surface area contributed by atoms with Gasteiger partial charge in [-0.2, -0.15) is 0 Å². The summed E-state index contributed by atoms with van der Waals surface area (Å²) in [6, 6.07) is 20.3. The van der Waals surface area contributed by atoms with Gasteiger partial charge in [0.05, 0.1) is 10.4 Å². The summed E-state index contributed by atoms with van der Waals surface area (Å²) in [6.45, 7) is 0.221. The largest absolute Gasteiger partial charge is 0.348 e. The maximum absolute atomic E-state index is 13.5. The molecule has 9 heteroatoms. The van der Waals surface area contributed by atoms with Gasteiger partial charge >= 0.3 is 0 Å². The number of fused-ring (bicyclic) bond motifs is 1. The lowest BCUT2D eigenvalue weighted by Gasteiger charge is -2.09. The summed E-state index contributed by atoms with van der Waals surface area (Å²) < 4.78 is 41.2. The van der Waals surface area contributed by atoms with E-state index in [1.807, 2.05) is 12.1 Å². The van der Waals surface area contributed by atoms with Crippen LogP contribution in [0.25, 0.3) is 22.3 Å². The van der Waals surface area contributed by atoms with Gasteiger partial charge in [-0.15, -0.1) is 0 Å². The van der Waals surface area contributed by atoms with Gasteiger partial charge in [-0.1, -0.05) is 30.3 Å². The van der Waals surface area contributed by atoms with Crippen molar-refractivity contribution in [1.82, 2.24) is 19.3 Å². The number of halogens is 1. The molecule has 0 radical (unpaired) electrons. The smallest absolute Gasteiger partial charge is 0.268 e. The van der Waals surface area contributed by atoms with E-state index < -0.39 is 10.0 Å². The van der Waals surface area contributed by atoms with E-state index >= 15 is 0 Å². The van der Waals surface area contributed by atoms with Crippen molar-refractivity contribution in [2.24, 2.45) is 0 Å². The summed E-state index contributed by atoms with van der Waals surface area (Å²) in [4.78, 5) is 21.1. The molecule has 1 amide bonds. The predicted octanol–water partition coefficient (Wildman–Crippen LogP) is 4.40. The Morgan fingerprint density at radius 1 is 0.886 bits per heavy atom. The molecule has 0 saturated heterocycles. The van der Waals surface area contributed by atoms with Crippen LogP contribution in [0.2, 0.25) is 0 Å². The van der Waals surface area contributed by atoms with Gasteiger partial charge in [0, 0.05) is 41.6 Å². The third-order valence-corrected chi connectivity index (χ3v) is 7.21. The van der Waals surface area contributed by atoms with Gasteiger partial charge in [0.2, 0.25) is 0 Å². The van der Waals surface area contributed by atoms with E-state index in [2.05, 4.69) is 15.3 Å². The number of rotatable bonds is 6. The summed E-state index contributed by atoms with van der Waals surface area (Å²) in [5.74, 6) is -0.296. The van der Waals surface area contributed by atoms with Crippen LogP contribution in [0.1, 0.15) is 15.9 Å². The quantitative estimate of drug-likeness (QED) is 0.384. The Bertz CT molecular complexity index is 1620. The number of nitrogens with zero attached hydrogens (tertiary/aromatic N) is 3. The molecule has 0 fully saturated rings. The number of hydrogen-bond donors (Lipinski definition) is 1. The number of benzene rings is 3. The number of para-hydroxylation sites is 1. The molecule has 0 unspecified atom stereocenters. The van der Waals surface area contributed by atoms with Crippen molar-refractivity contribution in [2.75, 3.05) is 0 Å². The highest BCUT2D eigenvalue weighted by molar-refractivity contribution is 7.90. The minimum absolute atomic E-state index is 0.0360. The maximum atomic E-state index is 13.5. The normalized spacial score (nSPS) is 11.5. The molecular weight excluding hydrogens is 467 g/mol. The van der Waals surface area contributed by atoms with Gasteiger partial charge in [0.15, 0.2) is 5.82 Å². The van der Waals surface area contributed by atoms with Crippen molar-refractivity contribution in [3.8, 4) is 11.4 Å². The fourth-order valence-electron chi connectivity index (χ4n) is 3.74. The fraction of sp³-hybridized carbons (Fsp3) is 0.0385. The molecule has 2 aromatic heterocycles. The van der Waals surface area contributed by atoms with E-state index in [0.29, 0.717) is 27.9 Å². The van der Waals surface area contributed by atoms with Crippen molar-refractivity contribution in [2.45, 2.75) is 11.4 Å². The minimum atomic E-state index is -3.96. The van der Waals surface area contributed by atoms with E-state index in [0.717, 1.165) is 5.56 Å². The highest BCUT2D eigenvalue weighted by Gasteiger charge is 2.23. The van der Waals surface area contributed by atoms with Crippen molar-refractivity contribution < 1.29 is 17.6 Å². The summed E-state index contributed by atoms with van der Waals surface area (Å²) in [5, 5.41) is 3.45. The van der Waals surface area contributed by atoms with E-state index in [9.17, 15) is 17.6 Å². The first-order valence-electron chi connectivity index (χ1n) is 10.7. The van der Waals surface area contributed by atoms with Crippen LogP contribution >= 0.6 is 0 Å². The summed E-state index contributed by atoms with van der Waals surface area (Å²) in [6.07, 6.45) is 4.71. The van der Waals surface area contributed by atoms with Crippen LogP contribution < -0.4 is 5.32 Å². The molecular formula is C26H19FN4O3S. The topological polar surface area (TPSA) is 94.0 Å². The van der Waals surface area contributed by atoms with Gasteiger partial charge in [0.25, 0.3) is 15.9 Å². The van der Waals surface area contributed by atoms with Crippen LogP contribution in [-0.4, -0.2) is 28.3 Å². The van der Waals surface area contributed by atoms with Crippen molar-refractivity contribution in [3.63, 3.8) is 0 Å². The number of amides is 1.